The SMILES string of the molecule is O=C1OC(c2ccccc2)C(c2ccccc2)N2C1C(C(=O)NCC(O)c1ccccc1)C1(C(=O)Nc3ccc(C#CC4=CCCCC4)cc31)C2c1ccc(O)cc1. The van der Waals surface area contributed by atoms with E-state index in [1.807, 2.05) is 102 Å². The van der Waals surface area contributed by atoms with Crippen molar-refractivity contribution in [1.82, 2.24) is 10.2 Å². The molecule has 1 spiro atoms. The number of allylic oxidation sites excluding steroid dienone is 2. The number of ether oxygens (including phenoxy) is 1. The Morgan fingerprint density at radius 1 is 0.828 bits per heavy atom. The number of fused-ring (bicyclic) bond motifs is 3. The van der Waals surface area contributed by atoms with Gasteiger partial charge in [0.2, 0.25) is 11.8 Å². The first-order valence-corrected chi connectivity index (χ1v) is 19.9. The van der Waals surface area contributed by atoms with E-state index < -0.39 is 59.5 Å². The number of benzene rings is 5. The highest BCUT2D eigenvalue weighted by Crippen LogP contribution is 2.64. The number of nitrogens with zero attached hydrogens (tertiary/aromatic N) is 1. The van der Waals surface area contributed by atoms with Crippen molar-refractivity contribution in [2.75, 3.05) is 11.9 Å². The summed E-state index contributed by atoms with van der Waals surface area (Å²) in [5.74, 6) is 3.69. The van der Waals surface area contributed by atoms with Gasteiger partial charge in [0.05, 0.1) is 24.1 Å². The van der Waals surface area contributed by atoms with Crippen molar-refractivity contribution in [2.45, 2.75) is 61.4 Å². The fourth-order valence-electron chi connectivity index (χ4n) is 9.53. The number of aliphatic hydroxyl groups excluding tert-OH is 1. The minimum Gasteiger partial charge on any atom is -0.508 e. The highest BCUT2D eigenvalue weighted by Gasteiger charge is 2.74. The summed E-state index contributed by atoms with van der Waals surface area (Å²) in [4.78, 5) is 47.5. The van der Waals surface area contributed by atoms with Crippen LogP contribution in [0.2, 0.25) is 0 Å². The molecule has 2 saturated heterocycles. The van der Waals surface area contributed by atoms with Crippen molar-refractivity contribution in [3.8, 4) is 17.6 Å². The molecular formula is C49H43N3O6. The van der Waals surface area contributed by atoms with Crippen molar-refractivity contribution >= 4 is 23.5 Å². The summed E-state index contributed by atoms with van der Waals surface area (Å²) in [7, 11) is 0. The molecule has 9 heteroatoms. The van der Waals surface area contributed by atoms with Crippen molar-refractivity contribution in [3.05, 3.63) is 178 Å². The topological polar surface area (TPSA) is 128 Å². The van der Waals surface area contributed by atoms with Gasteiger partial charge in [0.15, 0.2) is 0 Å². The molecule has 0 saturated carbocycles. The molecule has 9 nitrogen and oxygen atoms in total. The van der Waals surface area contributed by atoms with Crippen molar-refractivity contribution in [3.63, 3.8) is 0 Å². The molecule has 5 aromatic rings. The average molecular weight is 770 g/mol. The number of hydrogen-bond acceptors (Lipinski definition) is 7. The first-order valence-electron chi connectivity index (χ1n) is 19.9. The summed E-state index contributed by atoms with van der Waals surface area (Å²) in [5, 5.41) is 27.9. The van der Waals surface area contributed by atoms with Crippen molar-refractivity contribution < 1.29 is 29.3 Å². The van der Waals surface area contributed by atoms with Crippen LogP contribution in [-0.2, 0) is 24.5 Å². The van der Waals surface area contributed by atoms with Gasteiger partial charge in [-0.25, -0.2) is 0 Å². The number of carbonyl (C=O) groups is 3. The summed E-state index contributed by atoms with van der Waals surface area (Å²) >= 11 is 0. The van der Waals surface area contributed by atoms with Crippen LogP contribution in [0, 0.1) is 17.8 Å². The van der Waals surface area contributed by atoms with Crippen LogP contribution >= 0.6 is 0 Å². The van der Waals surface area contributed by atoms with E-state index in [2.05, 4.69) is 28.6 Å². The summed E-state index contributed by atoms with van der Waals surface area (Å²) in [5.41, 5.74) is 3.90. The number of aliphatic hydroxyl groups is 1. The number of carbonyl (C=O) groups excluding carboxylic acids is 3. The molecule has 5 aromatic carbocycles. The predicted octanol–water partition coefficient (Wildman–Crippen LogP) is 7.36. The number of esters is 1. The lowest BCUT2D eigenvalue weighted by Gasteiger charge is -2.46. The summed E-state index contributed by atoms with van der Waals surface area (Å²) in [6, 6.07) is 37.5. The minimum atomic E-state index is -1.71. The van der Waals surface area contributed by atoms with Crippen LogP contribution in [0.3, 0.4) is 0 Å². The van der Waals surface area contributed by atoms with Gasteiger partial charge in [-0.15, -0.1) is 0 Å². The van der Waals surface area contributed by atoms with Gasteiger partial charge >= 0.3 is 5.97 Å². The van der Waals surface area contributed by atoms with E-state index in [4.69, 9.17) is 4.74 Å². The number of anilines is 1. The smallest absolute Gasteiger partial charge is 0.324 e. The Hall–Kier alpha value is -6.47. The second-order valence-electron chi connectivity index (χ2n) is 15.5. The van der Waals surface area contributed by atoms with Gasteiger partial charge < -0.3 is 25.6 Å². The van der Waals surface area contributed by atoms with Gasteiger partial charge in [0, 0.05) is 17.8 Å². The van der Waals surface area contributed by atoms with Gasteiger partial charge in [-0.1, -0.05) is 121 Å². The lowest BCUT2D eigenvalue weighted by atomic mass is 9.65. The van der Waals surface area contributed by atoms with Crippen LogP contribution in [0.25, 0.3) is 0 Å². The standard InChI is InChI=1S/C49H43N3O6/c53-37-26-24-36(25-27-37)45-49(38-29-32(23-28-39(38)51-48(49)57)22-21-31-13-5-1-6-14-31)41(46(55)50-30-40(54)33-15-7-2-8-16-33)43-47(56)58-44(35-19-11-4-12-20-35)42(52(43)45)34-17-9-3-10-18-34/h2-4,7-13,15-20,23-29,40-45,53-54H,1,5-6,14,30H2,(H,50,55)(H,51,57). The van der Waals surface area contributed by atoms with Crippen molar-refractivity contribution in [2.24, 2.45) is 5.92 Å². The Bertz CT molecular complexity index is 2440. The largest absolute Gasteiger partial charge is 0.508 e. The molecule has 58 heavy (non-hydrogen) atoms. The van der Waals surface area contributed by atoms with Gasteiger partial charge in [-0.2, -0.15) is 0 Å². The van der Waals surface area contributed by atoms with E-state index >= 15 is 9.59 Å². The number of morpholine rings is 1. The first kappa shape index (κ1) is 37.1. The van der Waals surface area contributed by atoms with E-state index in [9.17, 15) is 15.0 Å². The Labute approximate surface area is 337 Å². The number of amides is 2. The number of phenols is 1. The lowest BCUT2D eigenvalue weighted by molar-refractivity contribution is -0.178. The molecule has 7 atom stereocenters. The van der Waals surface area contributed by atoms with Crippen LogP contribution in [-0.4, -0.2) is 45.5 Å². The maximum atomic E-state index is 15.3. The zero-order valence-corrected chi connectivity index (χ0v) is 31.8. The van der Waals surface area contributed by atoms with Crippen LogP contribution in [0.1, 0.15) is 83.4 Å². The van der Waals surface area contributed by atoms with E-state index in [1.165, 1.54) is 0 Å². The summed E-state index contributed by atoms with van der Waals surface area (Å²) < 4.78 is 6.48. The normalized spacial score (nSPS) is 25.3. The number of aromatic hydroxyl groups is 1. The van der Waals surface area contributed by atoms with Crippen LogP contribution in [0.5, 0.6) is 5.75 Å². The Morgan fingerprint density at radius 3 is 2.21 bits per heavy atom. The predicted molar refractivity (Wildman–Crippen MR) is 219 cm³/mol. The van der Waals surface area contributed by atoms with Crippen LogP contribution < -0.4 is 10.6 Å². The molecule has 290 valence electrons. The third-order valence-corrected chi connectivity index (χ3v) is 12.1. The first-order chi connectivity index (χ1) is 28.3. The molecule has 0 radical (unpaired) electrons. The molecule has 7 unspecified atom stereocenters. The van der Waals surface area contributed by atoms with E-state index in [-0.39, 0.29) is 12.3 Å². The van der Waals surface area contributed by atoms with Crippen LogP contribution in [0.15, 0.2) is 145 Å². The third-order valence-electron chi connectivity index (χ3n) is 12.1. The fraction of sp³-hybridized carbons (Fsp3) is 0.245. The number of phenolic OH excluding ortho intramolecular Hbond substituents is 1. The third kappa shape index (κ3) is 6.45. The van der Waals surface area contributed by atoms with Gasteiger partial charge in [-0.3, -0.25) is 19.3 Å². The molecule has 2 fully saturated rings. The highest BCUT2D eigenvalue weighted by atomic mass is 16.6. The number of cyclic esters (lactones) is 1. The Balaban J connectivity index is 1.27. The zero-order chi connectivity index (χ0) is 39.8. The second kappa shape index (κ2) is 15.5. The molecule has 3 aliphatic heterocycles. The molecule has 0 aromatic heterocycles. The Morgan fingerprint density at radius 2 is 1.52 bits per heavy atom. The van der Waals surface area contributed by atoms with Crippen molar-refractivity contribution in [1.29, 1.82) is 0 Å². The van der Waals surface area contributed by atoms with Gasteiger partial charge in [0.1, 0.15) is 23.3 Å². The molecular weight excluding hydrogens is 727 g/mol. The molecule has 4 N–H and O–H groups in total. The quantitative estimate of drug-likeness (QED) is 0.101. The van der Waals surface area contributed by atoms with Crippen LogP contribution in [0.4, 0.5) is 5.69 Å². The number of hydrogen-bond donors (Lipinski definition) is 4. The summed E-state index contributed by atoms with van der Waals surface area (Å²) in [6.07, 6.45) is 4.43. The molecule has 3 heterocycles. The lowest BCUT2D eigenvalue weighted by Crippen LogP contribution is -2.55. The number of nitrogens with one attached hydrogen (secondary N) is 2. The molecule has 0 bridgehead atoms. The average Bonchev–Trinajstić information content (AvgIpc) is 3.74. The summed E-state index contributed by atoms with van der Waals surface area (Å²) in [6.45, 7) is -0.162. The van der Waals surface area contributed by atoms with Gasteiger partial charge in [-0.05, 0) is 89.4 Å². The van der Waals surface area contributed by atoms with E-state index in [0.29, 0.717) is 27.9 Å². The zero-order valence-electron chi connectivity index (χ0n) is 31.8. The Kier molecular flexibility index (Phi) is 9.90. The maximum Gasteiger partial charge on any atom is 0.324 e. The van der Waals surface area contributed by atoms with Gasteiger partial charge in [0.25, 0.3) is 0 Å². The maximum absolute atomic E-state index is 15.3. The molecule has 2 amide bonds. The minimum absolute atomic E-state index is 0.0298. The second-order valence-corrected chi connectivity index (χ2v) is 15.5. The monoisotopic (exact) mass is 769 g/mol. The number of rotatable bonds is 7. The highest BCUT2D eigenvalue weighted by molar-refractivity contribution is 6.12. The molecule has 1 aliphatic carbocycles. The molecule has 9 rings (SSSR count). The molecule has 4 aliphatic rings. The fourth-order valence-corrected chi connectivity index (χ4v) is 9.53. The van der Waals surface area contributed by atoms with E-state index in [0.717, 1.165) is 42.4 Å². The van der Waals surface area contributed by atoms with E-state index in [1.54, 1.807) is 36.4 Å².